The van der Waals surface area contributed by atoms with Gasteiger partial charge in [-0.2, -0.15) is 10.4 Å². The van der Waals surface area contributed by atoms with E-state index in [1.54, 1.807) is 24.3 Å². The molecule has 3 aromatic rings. The van der Waals surface area contributed by atoms with Crippen LogP contribution in [0.5, 0.6) is 0 Å². The first-order valence-corrected chi connectivity index (χ1v) is 9.07. The van der Waals surface area contributed by atoms with Gasteiger partial charge in [0.2, 0.25) is 0 Å². The van der Waals surface area contributed by atoms with Crippen molar-refractivity contribution in [1.82, 2.24) is 14.7 Å². The summed E-state index contributed by atoms with van der Waals surface area (Å²) in [6.07, 6.45) is 1.55. The van der Waals surface area contributed by atoms with E-state index < -0.39 is 0 Å². The van der Waals surface area contributed by atoms with Crippen LogP contribution in [0.4, 0.5) is 0 Å². The zero-order valence-corrected chi connectivity index (χ0v) is 15.2. The average Bonchev–Trinajstić information content (AvgIpc) is 2.89. The lowest BCUT2D eigenvalue weighted by Gasteiger charge is -2.20. The lowest BCUT2D eigenvalue weighted by molar-refractivity contribution is 0.0762. The molecular formula is C22H20N4O. The molecule has 0 unspecified atom stereocenters. The van der Waals surface area contributed by atoms with Gasteiger partial charge in [-0.25, -0.2) is 0 Å². The quantitative estimate of drug-likeness (QED) is 0.708. The highest BCUT2D eigenvalue weighted by atomic mass is 16.2. The van der Waals surface area contributed by atoms with Crippen LogP contribution in [0, 0.1) is 11.3 Å². The number of carbonyl (C=O) groups excluding carboxylic acids is 1. The van der Waals surface area contributed by atoms with Crippen LogP contribution in [-0.4, -0.2) is 33.7 Å². The highest BCUT2D eigenvalue weighted by Crippen LogP contribution is 2.28. The standard InChI is InChI=1S/C22H20N4O/c1-25-20-11-13-26(22(27)18-9-5-6-16(14-18)15-23)12-10-19(20)21(24-25)17-7-3-2-4-8-17/h2-9,14H,10-13H2,1H3. The Morgan fingerprint density at radius 1 is 1.07 bits per heavy atom. The molecule has 0 bridgehead atoms. The van der Waals surface area contributed by atoms with Gasteiger partial charge in [0.05, 0.1) is 17.3 Å². The average molecular weight is 356 g/mol. The van der Waals surface area contributed by atoms with Crippen LogP contribution >= 0.6 is 0 Å². The number of amides is 1. The van der Waals surface area contributed by atoms with Gasteiger partial charge in [0.1, 0.15) is 0 Å². The number of hydrogen-bond acceptors (Lipinski definition) is 3. The fourth-order valence-corrected chi connectivity index (χ4v) is 3.71. The predicted octanol–water partition coefficient (Wildman–Crippen LogP) is 3.20. The number of carbonyl (C=O) groups is 1. The third kappa shape index (κ3) is 3.22. The molecule has 5 heteroatoms. The summed E-state index contributed by atoms with van der Waals surface area (Å²) < 4.78 is 1.95. The van der Waals surface area contributed by atoms with Gasteiger partial charge in [-0.1, -0.05) is 36.4 Å². The van der Waals surface area contributed by atoms with E-state index in [2.05, 4.69) is 18.2 Å². The fraction of sp³-hybridized carbons (Fsp3) is 0.227. The molecule has 0 fully saturated rings. The third-order valence-corrected chi connectivity index (χ3v) is 5.10. The van der Waals surface area contributed by atoms with Crippen molar-refractivity contribution in [1.29, 1.82) is 5.26 Å². The number of nitriles is 1. The molecule has 1 aliphatic heterocycles. The van der Waals surface area contributed by atoms with Crippen molar-refractivity contribution < 1.29 is 4.79 Å². The molecule has 1 aliphatic rings. The number of fused-ring (bicyclic) bond motifs is 1. The number of nitrogens with zero attached hydrogens (tertiary/aromatic N) is 4. The predicted molar refractivity (Wildman–Crippen MR) is 103 cm³/mol. The normalized spacial score (nSPS) is 13.6. The Balaban J connectivity index is 1.60. The molecule has 0 atom stereocenters. The van der Waals surface area contributed by atoms with Crippen LogP contribution in [0.1, 0.15) is 27.2 Å². The van der Waals surface area contributed by atoms with Crippen molar-refractivity contribution >= 4 is 5.91 Å². The van der Waals surface area contributed by atoms with Crippen LogP contribution < -0.4 is 0 Å². The smallest absolute Gasteiger partial charge is 0.253 e. The second kappa shape index (κ2) is 7.08. The molecular weight excluding hydrogens is 336 g/mol. The Labute approximate surface area is 158 Å². The number of benzene rings is 2. The number of aryl methyl sites for hydroxylation is 1. The largest absolute Gasteiger partial charge is 0.338 e. The van der Waals surface area contributed by atoms with Gasteiger partial charge in [0.15, 0.2) is 0 Å². The molecule has 0 radical (unpaired) electrons. The second-order valence-electron chi connectivity index (χ2n) is 6.75. The van der Waals surface area contributed by atoms with Crippen LogP contribution in [0.2, 0.25) is 0 Å². The minimum Gasteiger partial charge on any atom is -0.338 e. The fourth-order valence-electron chi connectivity index (χ4n) is 3.71. The molecule has 0 saturated carbocycles. The Morgan fingerprint density at radius 2 is 1.85 bits per heavy atom. The van der Waals surface area contributed by atoms with Crippen LogP contribution in [-0.2, 0) is 19.9 Å². The molecule has 1 amide bonds. The molecule has 0 N–H and O–H groups in total. The summed E-state index contributed by atoms with van der Waals surface area (Å²) in [6.45, 7) is 1.30. The van der Waals surface area contributed by atoms with E-state index in [0.29, 0.717) is 24.2 Å². The number of rotatable bonds is 2. The minimum atomic E-state index is -0.0193. The van der Waals surface area contributed by atoms with E-state index in [4.69, 9.17) is 10.4 Å². The van der Waals surface area contributed by atoms with E-state index in [-0.39, 0.29) is 5.91 Å². The first-order chi connectivity index (χ1) is 13.2. The molecule has 0 aliphatic carbocycles. The monoisotopic (exact) mass is 356 g/mol. The summed E-state index contributed by atoms with van der Waals surface area (Å²) in [4.78, 5) is 14.8. The minimum absolute atomic E-state index is 0.0193. The SMILES string of the molecule is Cn1nc(-c2ccccc2)c2c1CCN(C(=O)c1cccc(C#N)c1)CC2. The number of aromatic nitrogens is 2. The summed E-state index contributed by atoms with van der Waals surface area (Å²) in [5.41, 5.74) is 5.61. The summed E-state index contributed by atoms with van der Waals surface area (Å²) in [5, 5.41) is 13.8. The first-order valence-electron chi connectivity index (χ1n) is 9.07. The lowest BCUT2D eigenvalue weighted by atomic mass is 10.0. The van der Waals surface area contributed by atoms with E-state index in [0.717, 1.165) is 24.1 Å². The summed E-state index contributed by atoms with van der Waals surface area (Å²) >= 11 is 0. The van der Waals surface area contributed by atoms with Gasteiger partial charge < -0.3 is 4.90 Å². The van der Waals surface area contributed by atoms with Crippen LogP contribution in [0.15, 0.2) is 54.6 Å². The van der Waals surface area contributed by atoms with Gasteiger partial charge in [-0.3, -0.25) is 9.48 Å². The summed E-state index contributed by atoms with van der Waals surface area (Å²) in [6, 6.07) is 19.2. The van der Waals surface area contributed by atoms with Gasteiger partial charge in [-0.15, -0.1) is 0 Å². The highest BCUT2D eigenvalue weighted by Gasteiger charge is 2.25. The van der Waals surface area contributed by atoms with E-state index >= 15 is 0 Å². The third-order valence-electron chi connectivity index (χ3n) is 5.10. The maximum atomic E-state index is 12.9. The van der Waals surface area contributed by atoms with Crippen molar-refractivity contribution in [3.8, 4) is 17.3 Å². The molecule has 27 heavy (non-hydrogen) atoms. The van der Waals surface area contributed by atoms with Gasteiger partial charge in [-0.05, 0) is 24.6 Å². The Kier molecular flexibility index (Phi) is 4.47. The molecule has 0 spiro atoms. The van der Waals surface area contributed by atoms with Gasteiger partial charge in [0.25, 0.3) is 5.91 Å². The molecule has 134 valence electrons. The molecule has 1 aromatic heterocycles. The van der Waals surface area contributed by atoms with Crippen molar-refractivity contribution in [2.75, 3.05) is 13.1 Å². The van der Waals surface area contributed by atoms with Crippen molar-refractivity contribution in [2.24, 2.45) is 7.05 Å². The molecule has 2 heterocycles. The molecule has 0 saturated heterocycles. The van der Waals surface area contributed by atoms with E-state index in [9.17, 15) is 4.79 Å². The van der Waals surface area contributed by atoms with Gasteiger partial charge in [0, 0.05) is 48.9 Å². The topological polar surface area (TPSA) is 61.9 Å². The van der Waals surface area contributed by atoms with Crippen molar-refractivity contribution in [2.45, 2.75) is 12.8 Å². The second-order valence-corrected chi connectivity index (χ2v) is 6.75. The Hall–Kier alpha value is -3.39. The van der Waals surface area contributed by atoms with E-state index in [1.165, 1.54) is 11.3 Å². The van der Waals surface area contributed by atoms with Gasteiger partial charge >= 0.3 is 0 Å². The molecule has 5 nitrogen and oxygen atoms in total. The summed E-state index contributed by atoms with van der Waals surface area (Å²) in [7, 11) is 1.97. The van der Waals surface area contributed by atoms with Crippen molar-refractivity contribution in [3.05, 3.63) is 77.0 Å². The lowest BCUT2D eigenvalue weighted by Crippen LogP contribution is -2.33. The molecule has 4 rings (SSSR count). The van der Waals surface area contributed by atoms with Crippen molar-refractivity contribution in [3.63, 3.8) is 0 Å². The first kappa shape index (κ1) is 17.0. The maximum Gasteiger partial charge on any atom is 0.253 e. The Bertz CT molecular complexity index is 1030. The van der Waals surface area contributed by atoms with Crippen LogP contribution in [0.3, 0.4) is 0 Å². The van der Waals surface area contributed by atoms with E-state index in [1.807, 2.05) is 34.8 Å². The highest BCUT2D eigenvalue weighted by molar-refractivity contribution is 5.94. The Morgan fingerprint density at radius 3 is 2.63 bits per heavy atom. The molecule has 2 aromatic carbocycles. The summed E-state index contributed by atoms with van der Waals surface area (Å²) in [5.74, 6) is -0.0193. The zero-order chi connectivity index (χ0) is 18.8. The van der Waals surface area contributed by atoms with Crippen LogP contribution in [0.25, 0.3) is 11.3 Å². The maximum absolute atomic E-state index is 12.9. The zero-order valence-electron chi connectivity index (χ0n) is 15.2. The number of hydrogen-bond donors (Lipinski definition) is 0.